The molecule has 3 aliphatic rings. The molecule has 2 aliphatic heterocycles. The van der Waals surface area contributed by atoms with E-state index in [4.69, 9.17) is 18.5 Å². The van der Waals surface area contributed by atoms with Crippen LogP contribution in [0.4, 0.5) is 0 Å². The summed E-state index contributed by atoms with van der Waals surface area (Å²) in [6.45, 7) is 13.4. The average Bonchev–Trinajstić information content (AvgIpc) is 3.73. The smallest absolute Gasteiger partial charge is 0 e. The second kappa shape index (κ2) is 24.2. The zero-order valence-electron chi connectivity index (χ0n) is 29.1. The van der Waals surface area contributed by atoms with Crippen LogP contribution < -0.4 is 56.1 Å². The first kappa shape index (κ1) is 49.5. The molecule has 3 atom stereocenters. The number of ketones is 1. The minimum absolute atomic E-state index is 0. The van der Waals surface area contributed by atoms with Crippen molar-refractivity contribution in [3.8, 4) is 5.75 Å². The molecule has 5 aromatic carbocycles. The van der Waals surface area contributed by atoms with Crippen LogP contribution in [0.15, 0.2) is 157 Å². The first-order chi connectivity index (χ1) is 24.7. The molecule has 54 heavy (non-hydrogen) atoms. The summed E-state index contributed by atoms with van der Waals surface area (Å²) < 4.78 is 28.9. The van der Waals surface area contributed by atoms with E-state index in [-0.39, 0.29) is 81.6 Å². The third-order valence-corrected chi connectivity index (χ3v) is 13.7. The van der Waals surface area contributed by atoms with E-state index in [9.17, 15) is 0 Å². The molecular weight excluding hydrogens is 955 g/mol. The van der Waals surface area contributed by atoms with Crippen LogP contribution in [0.2, 0.25) is 0 Å². The number of halogens is 3. The van der Waals surface area contributed by atoms with E-state index in [1.807, 2.05) is 0 Å². The van der Waals surface area contributed by atoms with Crippen LogP contribution in [0.1, 0.15) is 24.0 Å². The second-order valence-electron chi connectivity index (χ2n) is 11.7. The van der Waals surface area contributed by atoms with Crippen LogP contribution >= 0.6 is 27.4 Å². The summed E-state index contributed by atoms with van der Waals surface area (Å²) in [6, 6.07) is 48.3. The van der Waals surface area contributed by atoms with Gasteiger partial charge in [0.1, 0.15) is 11.4 Å². The van der Waals surface area contributed by atoms with E-state index in [2.05, 4.69) is 191 Å². The van der Waals surface area contributed by atoms with Crippen molar-refractivity contribution in [2.24, 2.45) is 0 Å². The maximum Gasteiger partial charge on any atom is 0 e. The Morgan fingerprint density at radius 1 is 0.667 bits per heavy atom. The van der Waals surface area contributed by atoms with Gasteiger partial charge in [-0.15, -0.1) is 0 Å². The molecule has 0 N–H and O–H groups in total. The summed E-state index contributed by atoms with van der Waals surface area (Å²) >= 11 is 4.39. The topological polar surface area (TPSA) is 60.3 Å². The van der Waals surface area contributed by atoms with Crippen LogP contribution in [0.3, 0.4) is 0 Å². The number of aryl methyl sites for hydroxylation is 1. The number of carbonyl (C=O) groups excluding carboxylic acids is 1. The van der Waals surface area contributed by atoms with Gasteiger partial charge in [0.15, 0.2) is 5.92 Å². The average molecular weight is 990 g/mol. The normalized spacial score (nSPS) is 16.4. The molecular formula is C43H35Cl3O4P2Rh2-2. The standard InChI is InChI=1S/C40H33O2P2.CH2Cl.2CO.2ClH.2Rh/c1-27-23-33-37-34-24-28(2)26-36(44(31-19-11-5-12-20-31)32-21-13-6-14-22-32)39(34)42-40(37)41-38(33)35(25-27)43(29-15-7-3-8-16-29)30-17-9-4-10-18-30;3*1-2;;;;/h3-26,35,37,40H,1-2H3;1H2;;;2*1H;;/q+1;-1;;;;;;/p-2/t35?,37-,40+;;;;;;;/m1......./s1. The van der Waals surface area contributed by atoms with Crippen molar-refractivity contribution >= 4 is 59.8 Å². The number of hydrogen-bond acceptors (Lipinski definition) is 1. The van der Waals surface area contributed by atoms with Crippen LogP contribution in [-0.2, 0) is 52.7 Å². The van der Waals surface area contributed by atoms with Crippen molar-refractivity contribution in [1.82, 2.24) is 0 Å². The van der Waals surface area contributed by atoms with E-state index >= 15 is 0 Å². The van der Waals surface area contributed by atoms with E-state index in [1.165, 1.54) is 48.8 Å². The molecule has 0 amide bonds. The van der Waals surface area contributed by atoms with Gasteiger partial charge in [0.25, 0.3) is 0 Å². The number of allylic oxidation sites excluding steroid dienone is 3. The van der Waals surface area contributed by atoms with Gasteiger partial charge in [0, 0.05) is 49.8 Å². The van der Waals surface area contributed by atoms with Crippen molar-refractivity contribution in [2.75, 3.05) is 0 Å². The Kier molecular flexibility index (Phi) is 22.2. The molecule has 0 saturated carbocycles. The van der Waals surface area contributed by atoms with Crippen molar-refractivity contribution < 1.29 is 82.2 Å². The molecule has 0 saturated heterocycles. The minimum Gasteiger partial charge on any atom is -1.00 e. The van der Waals surface area contributed by atoms with E-state index in [1.54, 1.807) is 0 Å². The minimum atomic E-state index is -0.807. The summed E-state index contributed by atoms with van der Waals surface area (Å²) in [5.41, 5.74) is 5.21. The molecule has 8 rings (SSSR count). The molecule has 4 nitrogen and oxygen atoms in total. The predicted octanol–water partition coefficient (Wildman–Crippen LogP) is 2.01. The number of ether oxygens (including phenoxy) is 1. The number of fused-ring (bicyclic) bond motifs is 5. The van der Waals surface area contributed by atoms with Gasteiger partial charge in [-0.3, -0.25) is 6.38 Å². The molecule has 2 heterocycles. The number of hydrogen-bond donors (Lipinski definition) is 0. The van der Waals surface area contributed by atoms with Crippen molar-refractivity contribution in [3.63, 3.8) is 0 Å². The monoisotopic (exact) mass is 988 g/mol. The zero-order valence-corrected chi connectivity index (χ0v) is 36.5. The molecule has 282 valence electrons. The van der Waals surface area contributed by atoms with Crippen LogP contribution in [0.5, 0.6) is 5.75 Å². The molecule has 0 spiro atoms. The molecule has 1 unspecified atom stereocenters. The molecule has 5 aromatic rings. The molecule has 0 aromatic heterocycles. The van der Waals surface area contributed by atoms with Gasteiger partial charge >= 0.3 is 34.7 Å². The summed E-state index contributed by atoms with van der Waals surface area (Å²) in [5.74, 6) is 2.13. The Labute approximate surface area is 364 Å². The number of rotatable bonds is 6. The van der Waals surface area contributed by atoms with Gasteiger partial charge in [-0.25, -0.2) is 4.42 Å². The summed E-state index contributed by atoms with van der Waals surface area (Å²) in [7, 11) is -1.54. The van der Waals surface area contributed by atoms with E-state index in [0.29, 0.717) is 0 Å². The van der Waals surface area contributed by atoms with Gasteiger partial charge in [-0.2, -0.15) is 0 Å². The van der Waals surface area contributed by atoms with E-state index in [0.717, 1.165) is 11.5 Å². The first-order valence-electron chi connectivity index (χ1n) is 15.9. The Morgan fingerprint density at radius 2 is 1.09 bits per heavy atom. The van der Waals surface area contributed by atoms with Crippen molar-refractivity contribution in [2.45, 2.75) is 31.7 Å². The summed E-state index contributed by atoms with van der Waals surface area (Å²) in [4.78, 5) is 0. The van der Waals surface area contributed by atoms with Gasteiger partial charge < -0.3 is 41.2 Å². The van der Waals surface area contributed by atoms with Gasteiger partial charge in [-0.1, -0.05) is 139 Å². The second-order valence-corrected chi connectivity index (χ2v) is 16.2. The Hall–Kier alpha value is -2.49. The first-order valence-corrected chi connectivity index (χ1v) is 19.2. The predicted molar refractivity (Wildman–Crippen MR) is 206 cm³/mol. The van der Waals surface area contributed by atoms with Crippen molar-refractivity contribution in [3.05, 3.63) is 188 Å². The largest absolute Gasteiger partial charge is 1.00 e. The Bertz CT molecular complexity index is 1960. The Morgan fingerprint density at radius 3 is 1.54 bits per heavy atom. The molecule has 0 bridgehead atoms. The van der Waals surface area contributed by atoms with Gasteiger partial charge in [0.2, 0.25) is 0 Å². The molecule has 0 fully saturated rings. The zero-order chi connectivity index (χ0) is 35.6. The third-order valence-electron chi connectivity index (χ3n) is 8.64. The maximum atomic E-state index is 7.50. The molecule has 11 heteroatoms. The fourth-order valence-corrected chi connectivity index (χ4v) is 12.1. The van der Waals surface area contributed by atoms with Gasteiger partial charge in [-0.05, 0) is 68.6 Å². The fraction of sp³-hybridized carbons (Fsp3) is 0.116. The van der Waals surface area contributed by atoms with E-state index < -0.39 is 15.8 Å². The number of benzene rings is 5. The third kappa shape index (κ3) is 10.5. The SMILES string of the molecule is CC1=CC(P(c2ccccc2)c2ccccc2)C2=[O+][C@H]3Oc4c(cc(C)cc4P(c4ccccc4)c4ccccc4)[C@H]3C2=C1.[C-]#[O+].[C-]#[O+].[CH2-]Cl.[Cl-].[Cl-].[Rh].[Rh]. The summed E-state index contributed by atoms with van der Waals surface area (Å²) in [5, 5.41) is 6.62. The maximum absolute atomic E-state index is 7.50. The molecule has 2 radical (unpaired) electrons. The van der Waals surface area contributed by atoms with Crippen LogP contribution in [0.25, 0.3) is 0 Å². The fourth-order valence-electron chi connectivity index (χ4n) is 6.83. The Balaban J connectivity index is 0.00000139. The van der Waals surface area contributed by atoms with Crippen LogP contribution in [-0.4, -0.2) is 17.7 Å². The quantitative estimate of drug-likeness (QED) is 0.111. The molecule has 1 aliphatic carbocycles. The summed E-state index contributed by atoms with van der Waals surface area (Å²) in [6.07, 6.45) is 7.12. The van der Waals surface area contributed by atoms with Gasteiger partial charge in [0.05, 0.1) is 5.57 Å². The van der Waals surface area contributed by atoms with Crippen LogP contribution in [0, 0.1) is 26.6 Å². The van der Waals surface area contributed by atoms with Crippen molar-refractivity contribution in [1.29, 1.82) is 0 Å².